The second kappa shape index (κ2) is 4.87. The van der Waals surface area contributed by atoms with E-state index in [1.54, 1.807) is 11.3 Å². The van der Waals surface area contributed by atoms with Gasteiger partial charge in [-0.15, -0.1) is 0 Å². The number of rotatable bonds is 2. The van der Waals surface area contributed by atoms with E-state index in [1.807, 2.05) is 6.07 Å². The lowest BCUT2D eigenvalue weighted by Gasteiger charge is -2.29. The summed E-state index contributed by atoms with van der Waals surface area (Å²) >= 11 is 1.67. The molecule has 6 heteroatoms. The van der Waals surface area contributed by atoms with Gasteiger partial charge < -0.3 is 20.5 Å². The Hall–Kier alpha value is -1.37. The number of benzene rings is 1. The quantitative estimate of drug-likeness (QED) is 0.882. The molecule has 2 aromatic rings. The first-order valence-corrected chi connectivity index (χ1v) is 7.78. The molecular weight excluding hydrogens is 274 g/mol. The van der Waals surface area contributed by atoms with Gasteiger partial charge in [-0.25, -0.2) is 4.98 Å². The number of thiazole rings is 1. The summed E-state index contributed by atoms with van der Waals surface area (Å²) in [6, 6.07) is 4.40. The molecule has 0 aliphatic carbocycles. The van der Waals surface area contributed by atoms with Gasteiger partial charge >= 0.3 is 0 Å². The fourth-order valence-electron chi connectivity index (χ4n) is 2.79. The molecule has 3 heterocycles. The molecule has 0 radical (unpaired) electrons. The Balaban J connectivity index is 1.64. The molecule has 0 saturated carbocycles. The first-order valence-electron chi connectivity index (χ1n) is 6.96. The van der Waals surface area contributed by atoms with Crippen molar-refractivity contribution >= 4 is 26.7 Å². The molecule has 0 amide bonds. The minimum Gasteiger partial charge on any atom is -0.493 e. The number of hydrogen-bond donors (Lipinski definition) is 2. The van der Waals surface area contributed by atoms with Gasteiger partial charge in [-0.2, -0.15) is 0 Å². The molecule has 1 aromatic heterocycles. The van der Waals surface area contributed by atoms with Gasteiger partial charge in [0, 0.05) is 24.6 Å². The minimum absolute atomic E-state index is 0.129. The third kappa shape index (κ3) is 2.04. The van der Waals surface area contributed by atoms with Crippen molar-refractivity contribution in [3.8, 4) is 5.75 Å². The van der Waals surface area contributed by atoms with Crippen molar-refractivity contribution in [2.24, 2.45) is 5.73 Å². The molecule has 1 saturated heterocycles. The van der Waals surface area contributed by atoms with Crippen molar-refractivity contribution < 1.29 is 9.47 Å². The van der Waals surface area contributed by atoms with Crippen LogP contribution in [0, 0.1) is 0 Å². The van der Waals surface area contributed by atoms with Crippen molar-refractivity contribution in [2.75, 3.05) is 25.1 Å². The highest BCUT2D eigenvalue weighted by atomic mass is 32.1. The predicted octanol–water partition coefficient (Wildman–Crippen LogP) is 1.76. The molecule has 20 heavy (non-hydrogen) atoms. The highest BCUT2D eigenvalue weighted by molar-refractivity contribution is 7.22. The number of nitrogens with one attached hydrogen (secondary N) is 1. The van der Waals surface area contributed by atoms with Crippen LogP contribution in [0.15, 0.2) is 12.1 Å². The van der Waals surface area contributed by atoms with Crippen LogP contribution in [0.25, 0.3) is 10.2 Å². The maximum Gasteiger partial charge on any atom is 0.184 e. The third-order valence-electron chi connectivity index (χ3n) is 3.95. The fourth-order valence-corrected chi connectivity index (χ4v) is 3.75. The van der Waals surface area contributed by atoms with E-state index in [0.29, 0.717) is 6.61 Å². The third-order valence-corrected chi connectivity index (χ3v) is 4.90. The predicted molar refractivity (Wildman–Crippen MR) is 79.6 cm³/mol. The fraction of sp³-hybridized carbons (Fsp3) is 0.500. The van der Waals surface area contributed by atoms with Crippen molar-refractivity contribution in [2.45, 2.75) is 24.9 Å². The average molecular weight is 291 g/mol. The van der Waals surface area contributed by atoms with Gasteiger partial charge in [-0.3, -0.25) is 0 Å². The second-order valence-electron chi connectivity index (χ2n) is 5.28. The van der Waals surface area contributed by atoms with Crippen molar-refractivity contribution in [3.63, 3.8) is 0 Å². The molecule has 106 valence electrons. The summed E-state index contributed by atoms with van der Waals surface area (Å²) in [5.41, 5.74) is 8.43. The molecule has 5 nitrogen and oxygen atoms in total. The van der Waals surface area contributed by atoms with Gasteiger partial charge in [0.05, 0.1) is 29.5 Å². The maximum atomic E-state index is 6.13. The Morgan fingerprint density at radius 2 is 2.30 bits per heavy atom. The highest BCUT2D eigenvalue weighted by Gasteiger charge is 2.24. The summed E-state index contributed by atoms with van der Waals surface area (Å²) in [5.74, 6) is 0.979. The van der Waals surface area contributed by atoms with Crippen LogP contribution in [-0.4, -0.2) is 36.9 Å². The smallest absolute Gasteiger partial charge is 0.184 e. The van der Waals surface area contributed by atoms with Crippen molar-refractivity contribution in [1.82, 2.24) is 4.98 Å². The molecule has 1 aromatic carbocycles. The van der Waals surface area contributed by atoms with Gasteiger partial charge in [0.1, 0.15) is 5.75 Å². The molecule has 4 rings (SSSR count). The van der Waals surface area contributed by atoms with E-state index in [-0.39, 0.29) is 12.1 Å². The summed E-state index contributed by atoms with van der Waals surface area (Å²) < 4.78 is 12.3. The zero-order valence-electron chi connectivity index (χ0n) is 11.1. The minimum atomic E-state index is 0.129. The summed E-state index contributed by atoms with van der Waals surface area (Å²) in [7, 11) is 0. The van der Waals surface area contributed by atoms with Crippen LogP contribution in [0.2, 0.25) is 0 Å². The van der Waals surface area contributed by atoms with Crippen LogP contribution in [-0.2, 0) is 11.2 Å². The lowest BCUT2D eigenvalue weighted by Crippen LogP contribution is -2.47. The van der Waals surface area contributed by atoms with E-state index in [4.69, 9.17) is 20.2 Å². The Morgan fingerprint density at radius 1 is 1.35 bits per heavy atom. The van der Waals surface area contributed by atoms with Gasteiger partial charge in [-0.05, 0) is 18.6 Å². The largest absolute Gasteiger partial charge is 0.493 e. The molecule has 0 bridgehead atoms. The number of nitrogens with zero attached hydrogens (tertiary/aromatic N) is 1. The molecule has 2 aliphatic heterocycles. The number of anilines is 1. The van der Waals surface area contributed by atoms with Crippen LogP contribution in [0.4, 0.5) is 5.13 Å². The van der Waals surface area contributed by atoms with Crippen LogP contribution in [0.3, 0.4) is 0 Å². The molecule has 2 atom stereocenters. The number of aromatic nitrogens is 1. The first kappa shape index (κ1) is 12.4. The first-order chi connectivity index (χ1) is 9.81. The summed E-state index contributed by atoms with van der Waals surface area (Å²) in [4.78, 5) is 4.73. The molecular formula is C14H17N3O2S. The summed E-state index contributed by atoms with van der Waals surface area (Å²) in [6.45, 7) is 2.17. The monoisotopic (exact) mass is 291 g/mol. The zero-order valence-corrected chi connectivity index (χ0v) is 11.9. The van der Waals surface area contributed by atoms with E-state index < -0.39 is 0 Å². The Morgan fingerprint density at radius 3 is 3.20 bits per heavy atom. The van der Waals surface area contributed by atoms with Gasteiger partial charge in [0.15, 0.2) is 5.13 Å². The lowest BCUT2D eigenvalue weighted by atomic mass is 10.1. The van der Waals surface area contributed by atoms with Crippen LogP contribution >= 0.6 is 11.3 Å². The zero-order chi connectivity index (χ0) is 13.5. The summed E-state index contributed by atoms with van der Waals surface area (Å²) in [5, 5.41) is 4.35. The lowest BCUT2D eigenvalue weighted by molar-refractivity contribution is 0.0768. The van der Waals surface area contributed by atoms with E-state index in [1.165, 1.54) is 10.3 Å². The number of hydrogen-bond acceptors (Lipinski definition) is 6. The Bertz CT molecular complexity index is 643. The number of ether oxygens (including phenoxy) is 2. The van der Waals surface area contributed by atoms with Crippen LogP contribution < -0.4 is 15.8 Å². The number of nitrogens with two attached hydrogens (primary N) is 1. The number of fused-ring (bicyclic) bond motifs is 3. The van der Waals surface area contributed by atoms with Gasteiger partial charge in [0.25, 0.3) is 0 Å². The van der Waals surface area contributed by atoms with Gasteiger partial charge in [-0.1, -0.05) is 11.3 Å². The SMILES string of the molecule is N[C@@H]1CCOC[C@H]1Nc1nc2c3c(ccc2s1)OCC3. The Kier molecular flexibility index (Phi) is 3.02. The standard InChI is InChI=1S/C14H17N3O2S/c15-9-4-5-18-7-10(9)16-14-17-13-8-3-6-19-11(8)1-2-12(13)20-14/h1-2,9-10H,3-7,15H2,(H,16,17)/t9-,10-/m1/s1. The van der Waals surface area contributed by atoms with Crippen LogP contribution in [0.1, 0.15) is 12.0 Å². The van der Waals surface area contributed by atoms with E-state index >= 15 is 0 Å². The van der Waals surface area contributed by atoms with E-state index in [0.717, 1.165) is 42.5 Å². The van der Waals surface area contributed by atoms with Crippen molar-refractivity contribution in [3.05, 3.63) is 17.7 Å². The Labute approximate surface area is 121 Å². The molecule has 2 aliphatic rings. The van der Waals surface area contributed by atoms with E-state index in [9.17, 15) is 0 Å². The molecule has 0 spiro atoms. The maximum absolute atomic E-state index is 6.13. The molecule has 3 N–H and O–H groups in total. The topological polar surface area (TPSA) is 69.4 Å². The normalized spacial score (nSPS) is 25.4. The van der Waals surface area contributed by atoms with Crippen LogP contribution in [0.5, 0.6) is 5.75 Å². The average Bonchev–Trinajstić information content (AvgIpc) is 3.06. The van der Waals surface area contributed by atoms with E-state index in [2.05, 4.69) is 11.4 Å². The van der Waals surface area contributed by atoms with Crippen molar-refractivity contribution in [1.29, 1.82) is 0 Å². The highest BCUT2D eigenvalue weighted by Crippen LogP contribution is 2.36. The molecule has 1 fully saturated rings. The molecule has 0 unspecified atom stereocenters. The van der Waals surface area contributed by atoms with Gasteiger partial charge in [0.2, 0.25) is 0 Å². The second-order valence-corrected chi connectivity index (χ2v) is 6.32. The summed E-state index contributed by atoms with van der Waals surface area (Å²) in [6.07, 6.45) is 1.84.